The molecule has 3 rings (SSSR count). The Balaban J connectivity index is 2.05. The van der Waals surface area contributed by atoms with Crippen molar-refractivity contribution in [2.75, 3.05) is 0 Å². The van der Waals surface area contributed by atoms with Gasteiger partial charge >= 0.3 is 0 Å². The Hall–Kier alpha value is -2.02. The van der Waals surface area contributed by atoms with Crippen LogP contribution < -0.4 is 0 Å². The molecule has 1 aromatic carbocycles. The maximum absolute atomic E-state index is 4.43. The summed E-state index contributed by atoms with van der Waals surface area (Å²) in [5.74, 6) is 0.565. The Labute approximate surface area is 130 Å². The number of aromatic nitrogens is 6. The first-order chi connectivity index (χ1) is 10.1. The van der Waals surface area contributed by atoms with Gasteiger partial charge in [0.05, 0.1) is 23.5 Å². The molecule has 2 heterocycles. The number of hydrogen-bond donors (Lipinski definition) is 0. The first kappa shape index (κ1) is 13.9. The number of tetrazole rings is 1. The van der Waals surface area contributed by atoms with Gasteiger partial charge in [0, 0.05) is 0 Å². The van der Waals surface area contributed by atoms with Crippen molar-refractivity contribution in [3.05, 3.63) is 40.6 Å². The average molecular weight is 347 g/mol. The lowest BCUT2D eigenvalue weighted by Crippen LogP contribution is -2.04. The molecule has 7 heteroatoms. The van der Waals surface area contributed by atoms with Crippen molar-refractivity contribution in [1.29, 1.82) is 0 Å². The molecule has 0 atom stereocenters. The largest absolute Gasteiger partial charge is 0.226 e. The van der Waals surface area contributed by atoms with E-state index in [-0.39, 0.29) is 6.04 Å². The standard InChI is InChI=1S/C14H15BrN6/c1-9(2)21-18-14(17-19-21)11-8-16-20(13(11)15)12-7-5-4-6-10(12)3/h4-9H,1-3H3. The molecule has 0 N–H and O–H groups in total. The van der Waals surface area contributed by atoms with Crippen LogP contribution in [0.2, 0.25) is 0 Å². The van der Waals surface area contributed by atoms with Crippen LogP contribution in [-0.4, -0.2) is 30.0 Å². The lowest BCUT2D eigenvalue weighted by atomic mass is 10.2. The quantitative estimate of drug-likeness (QED) is 0.730. The average Bonchev–Trinajstić information content (AvgIpc) is 3.06. The van der Waals surface area contributed by atoms with E-state index < -0.39 is 0 Å². The van der Waals surface area contributed by atoms with E-state index >= 15 is 0 Å². The fourth-order valence-corrected chi connectivity index (χ4v) is 2.57. The minimum atomic E-state index is 0.177. The molecule has 108 valence electrons. The summed E-state index contributed by atoms with van der Waals surface area (Å²) in [5, 5.41) is 17.0. The number of para-hydroxylation sites is 1. The van der Waals surface area contributed by atoms with Crippen LogP contribution in [0.5, 0.6) is 0 Å². The number of aryl methyl sites for hydroxylation is 1. The first-order valence-electron chi connectivity index (χ1n) is 6.67. The fourth-order valence-electron chi connectivity index (χ4n) is 2.00. The van der Waals surface area contributed by atoms with Crippen LogP contribution in [0.4, 0.5) is 0 Å². The molecule has 0 bridgehead atoms. The molecule has 0 aliphatic carbocycles. The molecule has 0 radical (unpaired) electrons. The highest BCUT2D eigenvalue weighted by molar-refractivity contribution is 9.10. The van der Waals surface area contributed by atoms with Crippen LogP contribution in [-0.2, 0) is 0 Å². The number of rotatable bonds is 3. The van der Waals surface area contributed by atoms with E-state index in [1.807, 2.05) is 36.7 Å². The molecule has 0 saturated carbocycles. The van der Waals surface area contributed by atoms with E-state index in [0.29, 0.717) is 5.82 Å². The highest BCUT2D eigenvalue weighted by Gasteiger charge is 2.17. The third kappa shape index (κ3) is 2.49. The van der Waals surface area contributed by atoms with Crippen LogP contribution in [0.25, 0.3) is 17.1 Å². The van der Waals surface area contributed by atoms with Crippen molar-refractivity contribution in [3.8, 4) is 17.1 Å². The third-order valence-corrected chi connectivity index (χ3v) is 3.95. The predicted molar refractivity (Wildman–Crippen MR) is 83.2 cm³/mol. The van der Waals surface area contributed by atoms with Crippen molar-refractivity contribution in [2.45, 2.75) is 26.8 Å². The van der Waals surface area contributed by atoms with Gasteiger partial charge in [-0.05, 0) is 53.5 Å². The van der Waals surface area contributed by atoms with E-state index in [1.165, 1.54) is 0 Å². The Morgan fingerprint density at radius 2 is 1.95 bits per heavy atom. The van der Waals surface area contributed by atoms with Gasteiger partial charge in [0.25, 0.3) is 0 Å². The fraction of sp³-hybridized carbons (Fsp3) is 0.286. The van der Waals surface area contributed by atoms with Crippen LogP contribution >= 0.6 is 15.9 Å². The molecule has 0 aliphatic heterocycles. The predicted octanol–water partition coefficient (Wildman–Crippen LogP) is 3.18. The van der Waals surface area contributed by atoms with Gasteiger partial charge in [-0.2, -0.15) is 9.90 Å². The van der Waals surface area contributed by atoms with E-state index in [2.05, 4.69) is 49.4 Å². The molecular formula is C14H15BrN6. The van der Waals surface area contributed by atoms with Gasteiger partial charge in [0.1, 0.15) is 4.60 Å². The smallest absolute Gasteiger partial charge is 0.209 e. The van der Waals surface area contributed by atoms with Crippen LogP contribution in [0, 0.1) is 6.92 Å². The molecule has 6 nitrogen and oxygen atoms in total. The zero-order chi connectivity index (χ0) is 15.0. The molecular weight excluding hydrogens is 332 g/mol. The highest BCUT2D eigenvalue weighted by Crippen LogP contribution is 2.28. The summed E-state index contributed by atoms with van der Waals surface area (Å²) in [6.45, 7) is 6.07. The SMILES string of the molecule is Cc1ccccc1-n1ncc(-c2nnn(C(C)C)n2)c1Br. The minimum Gasteiger partial charge on any atom is -0.226 e. The first-order valence-corrected chi connectivity index (χ1v) is 7.46. The summed E-state index contributed by atoms with van der Waals surface area (Å²) in [6, 6.07) is 8.25. The van der Waals surface area contributed by atoms with Crippen molar-refractivity contribution in [1.82, 2.24) is 30.0 Å². The molecule has 21 heavy (non-hydrogen) atoms. The maximum atomic E-state index is 4.43. The maximum Gasteiger partial charge on any atom is 0.209 e. The van der Waals surface area contributed by atoms with Gasteiger partial charge in [-0.3, -0.25) is 0 Å². The molecule has 0 unspecified atom stereocenters. The summed E-state index contributed by atoms with van der Waals surface area (Å²) in [6.07, 6.45) is 1.75. The molecule has 0 aliphatic rings. The van der Waals surface area contributed by atoms with Crippen molar-refractivity contribution in [2.24, 2.45) is 0 Å². The second kappa shape index (κ2) is 5.40. The second-order valence-corrected chi connectivity index (χ2v) is 5.83. The number of hydrogen-bond acceptors (Lipinski definition) is 4. The monoisotopic (exact) mass is 346 g/mol. The second-order valence-electron chi connectivity index (χ2n) is 5.07. The van der Waals surface area contributed by atoms with Gasteiger partial charge < -0.3 is 0 Å². The molecule has 0 spiro atoms. The zero-order valence-corrected chi connectivity index (χ0v) is 13.6. The molecule has 2 aromatic heterocycles. The zero-order valence-electron chi connectivity index (χ0n) is 12.0. The Morgan fingerprint density at radius 1 is 1.19 bits per heavy atom. The lowest BCUT2D eigenvalue weighted by Gasteiger charge is -2.06. The summed E-state index contributed by atoms with van der Waals surface area (Å²) in [5.41, 5.74) is 2.99. The summed E-state index contributed by atoms with van der Waals surface area (Å²) < 4.78 is 2.65. The number of benzene rings is 1. The molecule has 0 amide bonds. The van der Waals surface area contributed by atoms with E-state index in [1.54, 1.807) is 11.0 Å². The summed E-state index contributed by atoms with van der Waals surface area (Å²) in [4.78, 5) is 1.59. The van der Waals surface area contributed by atoms with E-state index in [0.717, 1.165) is 21.4 Å². The normalized spacial score (nSPS) is 11.3. The number of nitrogens with zero attached hydrogens (tertiary/aromatic N) is 6. The van der Waals surface area contributed by atoms with Crippen LogP contribution in [0.3, 0.4) is 0 Å². The topological polar surface area (TPSA) is 61.4 Å². The minimum absolute atomic E-state index is 0.177. The van der Waals surface area contributed by atoms with Crippen molar-refractivity contribution < 1.29 is 0 Å². The summed E-state index contributed by atoms with van der Waals surface area (Å²) >= 11 is 3.59. The van der Waals surface area contributed by atoms with Gasteiger partial charge in [-0.25, -0.2) is 4.68 Å². The molecule has 0 fully saturated rings. The van der Waals surface area contributed by atoms with E-state index in [4.69, 9.17) is 0 Å². The van der Waals surface area contributed by atoms with Crippen molar-refractivity contribution >= 4 is 15.9 Å². The van der Waals surface area contributed by atoms with Crippen LogP contribution in [0.1, 0.15) is 25.5 Å². The van der Waals surface area contributed by atoms with Gasteiger partial charge in [-0.15, -0.1) is 10.2 Å². The Morgan fingerprint density at radius 3 is 2.62 bits per heavy atom. The Bertz CT molecular complexity index is 773. The van der Waals surface area contributed by atoms with Gasteiger partial charge in [0.2, 0.25) is 5.82 Å². The highest BCUT2D eigenvalue weighted by atomic mass is 79.9. The lowest BCUT2D eigenvalue weighted by molar-refractivity contribution is 0.455. The third-order valence-electron chi connectivity index (χ3n) is 3.19. The number of halogens is 1. The van der Waals surface area contributed by atoms with Crippen molar-refractivity contribution in [3.63, 3.8) is 0 Å². The summed E-state index contributed by atoms with van der Waals surface area (Å²) in [7, 11) is 0. The molecule has 0 saturated heterocycles. The van der Waals surface area contributed by atoms with Gasteiger partial charge in [-0.1, -0.05) is 18.2 Å². The molecule has 3 aromatic rings. The van der Waals surface area contributed by atoms with Crippen LogP contribution in [0.15, 0.2) is 35.1 Å². The van der Waals surface area contributed by atoms with Gasteiger partial charge in [0.15, 0.2) is 0 Å². The van der Waals surface area contributed by atoms with E-state index in [9.17, 15) is 0 Å². The Kier molecular flexibility index (Phi) is 3.59.